The third-order valence-electron chi connectivity index (χ3n) is 5.62. The number of methoxy groups -OCH3 is 2. The average molecular weight is 400 g/mol. The summed E-state index contributed by atoms with van der Waals surface area (Å²) in [7, 11) is 3.29. The monoisotopic (exact) mass is 400 g/mol. The maximum Gasteiger partial charge on any atom is 0.196 e. The van der Waals surface area contributed by atoms with Gasteiger partial charge in [0, 0.05) is 11.1 Å². The van der Waals surface area contributed by atoms with Crippen LogP contribution in [0.4, 0.5) is 0 Å². The van der Waals surface area contributed by atoms with Gasteiger partial charge in [0.15, 0.2) is 17.7 Å². The molecule has 5 nitrogen and oxygen atoms in total. The van der Waals surface area contributed by atoms with Crippen LogP contribution in [0, 0.1) is 6.92 Å². The van der Waals surface area contributed by atoms with Gasteiger partial charge in [-0.2, -0.15) is 5.01 Å². The third kappa shape index (κ3) is 3.08. The number of hydrazine groups is 1. The summed E-state index contributed by atoms with van der Waals surface area (Å²) in [5.74, 6) is 2.27. The number of aryl methyl sites for hydroxylation is 1. The third-order valence-corrected chi connectivity index (χ3v) is 5.62. The van der Waals surface area contributed by atoms with Crippen molar-refractivity contribution in [3.05, 3.63) is 95.1 Å². The number of fused-ring (bicyclic) bond motifs is 3. The highest BCUT2D eigenvalue weighted by atomic mass is 16.5. The van der Waals surface area contributed by atoms with Crippen molar-refractivity contribution in [2.24, 2.45) is 0 Å². The second kappa shape index (κ2) is 7.43. The second-order valence-corrected chi connectivity index (χ2v) is 7.54. The molecule has 0 saturated heterocycles. The van der Waals surface area contributed by atoms with Crippen LogP contribution in [0.5, 0.6) is 17.2 Å². The second-order valence-electron chi connectivity index (χ2n) is 7.54. The van der Waals surface area contributed by atoms with Crippen LogP contribution in [0.15, 0.2) is 72.8 Å². The Labute approximate surface area is 176 Å². The Balaban J connectivity index is 1.57. The summed E-state index contributed by atoms with van der Waals surface area (Å²) in [5, 5.41) is 2.15. The van der Waals surface area contributed by atoms with Crippen LogP contribution >= 0.6 is 0 Å². The van der Waals surface area contributed by atoms with E-state index < -0.39 is 0 Å². The fraction of sp³-hybridized carbons (Fsp3) is 0.200. The predicted molar refractivity (Wildman–Crippen MR) is 116 cm³/mol. The summed E-state index contributed by atoms with van der Waals surface area (Å²) in [6.45, 7) is 2.11. The first-order valence-corrected chi connectivity index (χ1v) is 9.99. The summed E-state index contributed by atoms with van der Waals surface area (Å²) < 4.78 is 17.4. The van der Waals surface area contributed by atoms with Gasteiger partial charge in [0.2, 0.25) is 0 Å². The number of nitrogens with zero attached hydrogens (tertiary/aromatic N) is 1. The lowest BCUT2D eigenvalue weighted by Gasteiger charge is -2.39. The molecule has 2 heterocycles. The van der Waals surface area contributed by atoms with Crippen molar-refractivity contribution in [3.63, 3.8) is 0 Å². The average Bonchev–Trinajstić information content (AvgIpc) is 3.24. The molecule has 0 saturated carbocycles. The van der Waals surface area contributed by atoms with E-state index in [-0.39, 0.29) is 12.3 Å². The first kappa shape index (κ1) is 18.6. The lowest BCUT2D eigenvalue weighted by molar-refractivity contribution is -0.0327. The highest BCUT2D eigenvalue weighted by Gasteiger charge is 2.40. The molecule has 3 aromatic carbocycles. The van der Waals surface area contributed by atoms with E-state index in [0.717, 1.165) is 28.1 Å². The molecule has 152 valence electrons. The molecule has 0 aliphatic carbocycles. The zero-order chi connectivity index (χ0) is 20.7. The van der Waals surface area contributed by atoms with Crippen LogP contribution in [0.2, 0.25) is 0 Å². The van der Waals surface area contributed by atoms with Crippen molar-refractivity contribution < 1.29 is 14.2 Å². The van der Waals surface area contributed by atoms with Crippen LogP contribution in [0.1, 0.15) is 34.5 Å². The van der Waals surface area contributed by atoms with Crippen molar-refractivity contribution in [3.8, 4) is 17.2 Å². The van der Waals surface area contributed by atoms with E-state index >= 15 is 0 Å². The standard InChI is InChI=1S/C25H24N2O3/c1-16-7-6-8-17(13-16)20-15-21-19-9-4-5-10-22(19)30-25(27(21)26-20)18-11-12-23(28-2)24(14-18)29-3/h4-15,21,25-26H,1-3H3/t21-,25+/m1/s1. The van der Waals surface area contributed by atoms with Gasteiger partial charge in [-0.3, -0.25) is 0 Å². The molecule has 2 aliphatic rings. The maximum atomic E-state index is 6.45. The topological polar surface area (TPSA) is 43.0 Å². The van der Waals surface area contributed by atoms with Gasteiger partial charge < -0.3 is 19.6 Å². The molecule has 2 aliphatic heterocycles. The van der Waals surface area contributed by atoms with Gasteiger partial charge in [-0.1, -0.05) is 42.0 Å². The first-order valence-electron chi connectivity index (χ1n) is 9.99. The van der Waals surface area contributed by atoms with Gasteiger partial charge in [0.05, 0.1) is 26.0 Å². The minimum atomic E-state index is -0.316. The van der Waals surface area contributed by atoms with Crippen LogP contribution in [0.25, 0.3) is 5.70 Å². The van der Waals surface area contributed by atoms with Gasteiger partial charge in [0.1, 0.15) is 5.75 Å². The van der Waals surface area contributed by atoms with Crippen LogP contribution < -0.4 is 19.6 Å². The van der Waals surface area contributed by atoms with E-state index in [1.807, 2.05) is 30.3 Å². The highest BCUT2D eigenvalue weighted by molar-refractivity contribution is 5.68. The van der Waals surface area contributed by atoms with Crippen molar-refractivity contribution in [1.82, 2.24) is 10.4 Å². The SMILES string of the molecule is COc1ccc([C@@H]2Oc3ccccc3[C@H]3C=C(c4cccc(C)c4)NN32)cc1OC. The minimum Gasteiger partial charge on any atom is -0.493 e. The Morgan fingerprint density at radius 1 is 0.900 bits per heavy atom. The van der Waals surface area contributed by atoms with Crippen molar-refractivity contribution in [2.75, 3.05) is 14.2 Å². The number of hydrogen-bond donors (Lipinski definition) is 1. The Bertz CT molecular complexity index is 1120. The number of hydrogen-bond acceptors (Lipinski definition) is 5. The molecule has 30 heavy (non-hydrogen) atoms. The quantitative estimate of drug-likeness (QED) is 0.667. The predicted octanol–water partition coefficient (Wildman–Crippen LogP) is 5.01. The molecule has 0 spiro atoms. The highest BCUT2D eigenvalue weighted by Crippen LogP contribution is 2.46. The summed E-state index contributed by atoms with van der Waals surface area (Å²) in [4.78, 5) is 0. The van der Waals surface area contributed by atoms with Crippen LogP contribution in [0.3, 0.4) is 0 Å². The Kier molecular flexibility index (Phi) is 4.60. The Hall–Kier alpha value is -3.44. The summed E-state index contributed by atoms with van der Waals surface area (Å²) in [6.07, 6.45) is 1.95. The smallest absolute Gasteiger partial charge is 0.196 e. The molecule has 2 atom stereocenters. The van der Waals surface area contributed by atoms with Crippen LogP contribution in [-0.4, -0.2) is 19.2 Å². The molecule has 0 aromatic heterocycles. The summed E-state index contributed by atoms with van der Waals surface area (Å²) in [5.41, 5.74) is 9.19. The number of ether oxygens (including phenoxy) is 3. The normalized spacial score (nSPS) is 19.8. The Morgan fingerprint density at radius 2 is 1.73 bits per heavy atom. The molecule has 5 rings (SSSR count). The zero-order valence-corrected chi connectivity index (χ0v) is 17.3. The molecule has 0 amide bonds. The summed E-state index contributed by atoms with van der Waals surface area (Å²) in [6, 6.07) is 22.7. The molecule has 0 fully saturated rings. The molecule has 5 heteroatoms. The minimum absolute atomic E-state index is 0.0589. The molecule has 0 unspecified atom stereocenters. The van der Waals surface area contributed by atoms with E-state index in [9.17, 15) is 0 Å². The van der Waals surface area contributed by atoms with Crippen molar-refractivity contribution in [1.29, 1.82) is 0 Å². The van der Waals surface area contributed by atoms with Crippen molar-refractivity contribution >= 4 is 5.70 Å². The molecule has 0 radical (unpaired) electrons. The summed E-state index contributed by atoms with van der Waals surface area (Å²) >= 11 is 0. The van der Waals surface area contributed by atoms with Gasteiger partial charge in [-0.15, -0.1) is 0 Å². The molecule has 0 bridgehead atoms. The van der Waals surface area contributed by atoms with Gasteiger partial charge >= 0.3 is 0 Å². The number of benzene rings is 3. The van der Waals surface area contributed by atoms with E-state index in [1.54, 1.807) is 14.2 Å². The number of rotatable bonds is 4. The van der Waals surface area contributed by atoms with Crippen molar-refractivity contribution in [2.45, 2.75) is 19.2 Å². The van der Waals surface area contributed by atoms with Gasteiger partial charge in [-0.05, 0) is 48.9 Å². The largest absolute Gasteiger partial charge is 0.493 e. The van der Waals surface area contributed by atoms with Gasteiger partial charge in [0.25, 0.3) is 0 Å². The lowest BCUT2D eigenvalue weighted by atomic mass is 10.0. The Morgan fingerprint density at radius 3 is 2.53 bits per heavy atom. The zero-order valence-electron chi connectivity index (χ0n) is 17.3. The fourth-order valence-corrected chi connectivity index (χ4v) is 4.15. The first-order chi connectivity index (χ1) is 14.7. The molecule has 3 aromatic rings. The van der Waals surface area contributed by atoms with E-state index in [1.165, 1.54) is 5.56 Å². The van der Waals surface area contributed by atoms with E-state index in [4.69, 9.17) is 14.2 Å². The molecular formula is C25H24N2O3. The maximum absolute atomic E-state index is 6.45. The number of para-hydroxylation sites is 1. The molecular weight excluding hydrogens is 376 g/mol. The fourth-order valence-electron chi connectivity index (χ4n) is 4.15. The molecule has 1 N–H and O–H groups in total. The van der Waals surface area contributed by atoms with E-state index in [2.05, 4.69) is 59.8 Å². The number of nitrogens with one attached hydrogen (secondary N) is 1. The lowest BCUT2D eigenvalue weighted by Crippen LogP contribution is -2.43. The van der Waals surface area contributed by atoms with Gasteiger partial charge in [-0.25, -0.2) is 0 Å². The van der Waals surface area contributed by atoms with Crippen LogP contribution in [-0.2, 0) is 0 Å². The van der Waals surface area contributed by atoms with E-state index in [0.29, 0.717) is 11.5 Å².